The molecule has 1 atom stereocenters. The fourth-order valence-electron chi connectivity index (χ4n) is 5.20. The molecule has 0 saturated carbocycles. The van der Waals surface area contributed by atoms with Crippen molar-refractivity contribution in [2.24, 2.45) is 0 Å². The van der Waals surface area contributed by atoms with Gasteiger partial charge in [-0.15, -0.1) is 0 Å². The van der Waals surface area contributed by atoms with Crippen molar-refractivity contribution in [1.82, 2.24) is 15.1 Å². The van der Waals surface area contributed by atoms with Crippen molar-refractivity contribution in [3.8, 4) is 5.75 Å². The number of nitrogens with zero attached hydrogens (tertiary/aromatic N) is 2. The number of benzene rings is 3. The number of ether oxygens (including phenoxy) is 2. The Morgan fingerprint density at radius 1 is 1.00 bits per heavy atom. The molecule has 0 radical (unpaired) electrons. The zero-order chi connectivity index (χ0) is 26.2. The van der Waals surface area contributed by atoms with E-state index in [-0.39, 0.29) is 12.8 Å². The van der Waals surface area contributed by atoms with Crippen molar-refractivity contribution < 1.29 is 14.6 Å². The highest BCUT2D eigenvalue weighted by atomic mass is 16.5. The van der Waals surface area contributed by atoms with E-state index < -0.39 is 0 Å². The number of aromatic nitrogens is 2. The number of hydrogen-bond donors (Lipinski definition) is 2. The van der Waals surface area contributed by atoms with Crippen LogP contribution in [0.1, 0.15) is 55.5 Å². The predicted molar refractivity (Wildman–Crippen MR) is 153 cm³/mol. The van der Waals surface area contributed by atoms with Gasteiger partial charge in [-0.25, -0.2) is 4.68 Å². The fraction of sp³-hybridized carbons (Fsp3) is 0.344. The van der Waals surface area contributed by atoms with Gasteiger partial charge in [-0.2, -0.15) is 5.10 Å². The molecule has 198 valence electrons. The largest absolute Gasteiger partial charge is 0.492 e. The van der Waals surface area contributed by atoms with Crippen LogP contribution in [0.2, 0.25) is 0 Å². The van der Waals surface area contributed by atoms with Gasteiger partial charge in [0.25, 0.3) is 0 Å². The van der Waals surface area contributed by atoms with Gasteiger partial charge < -0.3 is 19.9 Å². The van der Waals surface area contributed by atoms with Gasteiger partial charge in [0.15, 0.2) is 6.23 Å². The third kappa shape index (κ3) is 5.99. The Balaban J connectivity index is 1.50. The molecule has 6 heteroatoms. The van der Waals surface area contributed by atoms with Gasteiger partial charge >= 0.3 is 0 Å². The molecule has 38 heavy (non-hydrogen) atoms. The number of allylic oxidation sites excluding steroid dienone is 1. The number of nitrogens with one attached hydrogen (secondary N) is 1. The molecule has 2 heterocycles. The summed E-state index contributed by atoms with van der Waals surface area (Å²) in [4.78, 5) is 0. The summed E-state index contributed by atoms with van der Waals surface area (Å²) in [5.74, 6) is 0.834. The second kappa shape index (κ2) is 12.9. The Morgan fingerprint density at radius 2 is 1.82 bits per heavy atom. The van der Waals surface area contributed by atoms with Crippen molar-refractivity contribution in [2.75, 3.05) is 32.9 Å². The second-order valence-corrected chi connectivity index (χ2v) is 9.60. The van der Waals surface area contributed by atoms with Crippen LogP contribution in [0.3, 0.4) is 0 Å². The van der Waals surface area contributed by atoms with Gasteiger partial charge in [0.2, 0.25) is 0 Å². The first kappa shape index (κ1) is 26.2. The molecular formula is C32H37N3O3. The summed E-state index contributed by atoms with van der Waals surface area (Å²) in [7, 11) is 0. The lowest BCUT2D eigenvalue weighted by molar-refractivity contribution is -0.0366. The van der Waals surface area contributed by atoms with Crippen molar-refractivity contribution in [3.63, 3.8) is 0 Å². The molecule has 0 amide bonds. The zero-order valence-corrected chi connectivity index (χ0v) is 22.1. The van der Waals surface area contributed by atoms with Gasteiger partial charge in [0.1, 0.15) is 12.4 Å². The first-order valence-electron chi connectivity index (χ1n) is 13.7. The third-order valence-corrected chi connectivity index (χ3v) is 7.07. The lowest BCUT2D eigenvalue weighted by Crippen LogP contribution is -2.23. The molecule has 0 spiro atoms. The van der Waals surface area contributed by atoms with Gasteiger partial charge in [-0.05, 0) is 77.8 Å². The molecule has 1 saturated heterocycles. The molecule has 0 aliphatic carbocycles. The van der Waals surface area contributed by atoms with Gasteiger partial charge in [-0.1, -0.05) is 55.5 Å². The van der Waals surface area contributed by atoms with Gasteiger partial charge in [0.05, 0.1) is 18.3 Å². The van der Waals surface area contributed by atoms with Crippen LogP contribution in [0.5, 0.6) is 5.75 Å². The van der Waals surface area contributed by atoms with Gasteiger partial charge in [0, 0.05) is 25.1 Å². The molecule has 0 bridgehead atoms. The zero-order valence-electron chi connectivity index (χ0n) is 22.1. The summed E-state index contributed by atoms with van der Waals surface area (Å²) in [5.41, 5.74) is 7.18. The maximum Gasteiger partial charge on any atom is 0.150 e. The summed E-state index contributed by atoms with van der Waals surface area (Å²) in [6.45, 7) is 4.97. The second-order valence-electron chi connectivity index (χ2n) is 9.60. The molecule has 1 fully saturated rings. The standard InChI is InChI=1S/C32H37N3O3/c1-2-29(24-8-4-3-5-9-24)32(25-11-14-28(15-12-25)37-21-18-33-17-19-36)26-13-16-30-27(22-26)23-34-35(30)31-10-6-7-20-38-31/h3-5,8-9,11-16,22-23,31,33,36H,2,6-7,10,17-21H2,1H3/b32-29+. The first-order chi connectivity index (χ1) is 18.8. The van der Waals surface area contributed by atoms with Crippen LogP contribution in [-0.2, 0) is 4.74 Å². The van der Waals surface area contributed by atoms with Crippen molar-refractivity contribution >= 4 is 22.0 Å². The quantitative estimate of drug-likeness (QED) is 0.189. The number of aliphatic hydroxyl groups is 1. The normalized spacial score (nSPS) is 16.4. The molecule has 2 N–H and O–H groups in total. The average molecular weight is 512 g/mol. The number of aliphatic hydroxyl groups excluding tert-OH is 1. The van der Waals surface area contributed by atoms with E-state index in [1.807, 2.05) is 23.0 Å². The third-order valence-electron chi connectivity index (χ3n) is 7.07. The Bertz CT molecular complexity index is 1340. The lowest BCUT2D eigenvalue weighted by atomic mass is 9.88. The molecule has 3 aromatic carbocycles. The molecule has 1 aliphatic rings. The highest BCUT2D eigenvalue weighted by molar-refractivity contribution is 6.00. The fourth-order valence-corrected chi connectivity index (χ4v) is 5.20. The van der Waals surface area contributed by atoms with Crippen LogP contribution < -0.4 is 10.1 Å². The van der Waals surface area contributed by atoms with Crippen LogP contribution in [0.4, 0.5) is 0 Å². The maximum atomic E-state index is 8.91. The Hall–Kier alpha value is -3.45. The van der Waals surface area contributed by atoms with E-state index in [2.05, 4.69) is 72.9 Å². The van der Waals surface area contributed by atoms with Crippen LogP contribution >= 0.6 is 0 Å². The van der Waals surface area contributed by atoms with E-state index >= 15 is 0 Å². The van der Waals surface area contributed by atoms with E-state index in [1.54, 1.807) is 0 Å². The number of rotatable bonds is 11. The average Bonchev–Trinajstić information content (AvgIpc) is 3.40. The lowest BCUT2D eigenvalue weighted by Gasteiger charge is -2.23. The van der Waals surface area contributed by atoms with E-state index in [9.17, 15) is 0 Å². The van der Waals surface area contributed by atoms with Crippen molar-refractivity contribution in [2.45, 2.75) is 38.8 Å². The van der Waals surface area contributed by atoms with Crippen LogP contribution in [-0.4, -0.2) is 47.8 Å². The van der Waals surface area contributed by atoms with E-state index in [1.165, 1.54) is 28.7 Å². The van der Waals surface area contributed by atoms with E-state index in [0.29, 0.717) is 19.7 Å². The minimum atomic E-state index is 0.0176. The highest BCUT2D eigenvalue weighted by Crippen LogP contribution is 2.37. The van der Waals surface area contributed by atoms with Gasteiger partial charge in [-0.3, -0.25) is 0 Å². The predicted octanol–water partition coefficient (Wildman–Crippen LogP) is 6.07. The van der Waals surface area contributed by atoms with Crippen LogP contribution in [0.15, 0.2) is 79.0 Å². The molecule has 1 aromatic heterocycles. The molecule has 5 rings (SSSR count). The topological polar surface area (TPSA) is 68.5 Å². The van der Waals surface area contributed by atoms with E-state index in [4.69, 9.17) is 19.7 Å². The molecule has 1 unspecified atom stereocenters. The summed E-state index contributed by atoms with van der Waals surface area (Å²) < 4.78 is 14.0. The highest BCUT2D eigenvalue weighted by Gasteiger charge is 2.20. The Labute approximate surface area is 224 Å². The monoisotopic (exact) mass is 511 g/mol. The molecule has 1 aliphatic heterocycles. The summed E-state index contributed by atoms with van der Waals surface area (Å²) in [5, 5.41) is 17.9. The minimum Gasteiger partial charge on any atom is -0.492 e. The van der Waals surface area contributed by atoms with Crippen LogP contribution in [0.25, 0.3) is 22.0 Å². The van der Waals surface area contributed by atoms with Crippen molar-refractivity contribution in [3.05, 3.63) is 95.7 Å². The molecular weight excluding hydrogens is 474 g/mol. The molecule has 4 aromatic rings. The van der Waals surface area contributed by atoms with E-state index in [0.717, 1.165) is 48.1 Å². The number of hydrogen-bond acceptors (Lipinski definition) is 5. The van der Waals surface area contributed by atoms with Crippen molar-refractivity contribution in [1.29, 1.82) is 0 Å². The molecule has 6 nitrogen and oxygen atoms in total. The smallest absolute Gasteiger partial charge is 0.150 e. The van der Waals surface area contributed by atoms with Crippen LogP contribution in [0, 0.1) is 0 Å². The Morgan fingerprint density at radius 3 is 2.55 bits per heavy atom. The summed E-state index contributed by atoms with van der Waals surface area (Å²) in [6, 6.07) is 25.7. The summed E-state index contributed by atoms with van der Waals surface area (Å²) >= 11 is 0. The Kier molecular flexibility index (Phi) is 8.86. The summed E-state index contributed by atoms with van der Waals surface area (Å²) in [6.07, 6.45) is 6.18. The first-order valence-corrected chi connectivity index (χ1v) is 13.7. The number of fused-ring (bicyclic) bond motifs is 1. The SMILES string of the molecule is CC/C(=C(/c1ccc(OCCNCCO)cc1)c1ccc2c(cnn2C2CCCCO2)c1)c1ccccc1. The minimum absolute atomic E-state index is 0.0176. The maximum absolute atomic E-state index is 8.91.